The number of amides is 2. The first-order chi connectivity index (χ1) is 11.2. The summed E-state index contributed by atoms with van der Waals surface area (Å²) in [5.41, 5.74) is 0.631. The molecular formula is C16H15ClN2O4. The van der Waals surface area contributed by atoms with Crippen molar-refractivity contribution >= 4 is 23.3 Å². The highest BCUT2D eigenvalue weighted by molar-refractivity contribution is 6.30. The van der Waals surface area contributed by atoms with E-state index in [4.69, 9.17) is 25.8 Å². The number of rotatable bonds is 5. The molecule has 0 unspecified atom stereocenters. The number of carbonyl (C=O) groups excluding carboxylic acids is 1. The van der Waals surface area contributed by atoms with Gasteiger partial charge in [0.25, 0.3) is 0 Å². The minimum atomic E-state index is -0.318. The van der Waals surface area contributed by atoms with Gasteiger partial charge in [-0.05, 0) is 30.3 Å². The van der Waals surface area contributed by atoms with Crippen molar-refractivity contribution < 1.29 is 19.0 Å². The van der Waals surface area contributed by atoms with Crippen molar-refractivity contribution in [1.82, 2.24) is 5.32 Å². The number of carbonyl (C=O) groups is 1. The lowest BCUT2D eigenvalue weighted by Crippen LogP contribution is -2.32. The normalized spacial score (nSPS) is 11.9. The molecule has 2 amide bonds. The predicted molar refractivity (Wildman–Crippen MR) is 86.5 cm³/mol. The fourth-order valence-electron chi connectivity index (χ4n) is 2.04. The Labute approximate surface area is 138 Å². The smallest absolute Gasteiger partial charge is 0.319 e. The molecule has 0 atom stereocenters. The van der Waals surface area contributed by atoms with Crippen LogP contribution in [0.15, 0.2) is 42.5 Å². The number of hydrogen-bond acceptors (Lipinski definition) is 4. The summed E-state index contributed by atoms with van der Waals surface area (Å²) in [4.78, 5) is 11.7. The molecule has 0 fully saturated rings. The lowest BCUT2D eigenvalue weighted by molar-refractivity contribution is 0.173. The number of fused-ring (bicyclic) bond motifs is 1. The minimum absolute atomic E-state index is 0.226. The second-order valence-electron chi connectivity index (χ2n) is 4.75. The number of anilines is 1. The topological polar surface area (TPSA) is 68.8 Å². The zero-order chi connectivity index (χ0) is 16.1. The van der Waals surface area contributed by atoms with E-state index in [-0.39, 0.29) is 12.8 Å². The lowest BCUT2D eigenvalue weighted by atomic mass is 10.3. The van der Waals surface area contributed by atoms with Gasteiger partial charge < -0.3 is 24.8 Å². The van der Waals surface area contributed by atoms with E-state index in [1.807, 2.05) is 0 Å². The SMILES string of the molecule is O=C(NCCOc1ccc2c(c1)OCO2)Nc1cccc(Cl)c1. The van der Waals surface area contributed by atoms with Crippen LogP contribution in [0.4, 0.5) is 10.5 Å². The summed E-state index contributed by atoms with van der Waals surface area (Å²) in [6, 6.07) is 12.0. The summed E-state index contributed by atoms with van der Waals surface area (Å²) in [5.74, 6) is 2.02. The van der Waals surface area contributed by atoms with Gasteiger partial charge in [0, 0.05) is 16.8 Å². The summed E-state index contributed by atoms with van der Waals surface area (Å²) in [6.07, 6.45) is 0. The van der Waals surface area contributed by atoms with Crippen LogP contribution in [0.5, 0.6) is 17.2 Å². The Morgan fingerprint density at radius 2 is 2.04 bits per heavy atom. The van der Waals surface area contributed by atoms with Crippen molar-refractivity contribution in [2.75, 3.05) is 25.3 Å². The van der Waals surface area contributed by atoms with E-state index in [1.54, 1.807) is 42.5 Å². The molecule has 2 aromatic rings. The van der Waals surface area contributed by atoms with E-state index >= 15 is 0 Å². The van der Waals surface area contributed by atoms with Crippen LogP contribution in [0.3, 0.4) is 0 Å². The molecule has 0 aliphatic carbocycles. The van der Waals surface area contributed by atoms with Gasteiger partial charge in [-0.25, -0.2) is 4.79 Å². The third-order valence-electron chi connectivity index (χ3n) is 3.08. The molecule has 6 nitrogen and oxygen atoms in total. The summed E-state index contributed by atoms with van der Waals surface area (Å²) in [7, 11) is 0. The second kappa shape index (κ2) is 7.11. The van der Waals surface area contributed by atoms with Crippen molar-refractivity contribution in [3.63, 3.8) is 0 Å². The Hall–Kier alpha value is -2.60. The van der Waals surface area contributed by atoms with Crippen molar-refractivity contribution in [3.8, 4) is 17.2 Å². The molecule has 0 bridgehead atoms. The van der Waals surface area contributed by atoms with Gasteiger partial charge in [-0.1, -0.05) is 17.7 Å². The average Bonchev–Trinajstić information content (AvgIpc) is 2.99. The van der Waals surface area contributed by atoms with Crippen LogP contribution in [0.1, 0.15) is 0 Å². The highest BCUT2D eigenvalue weighted by atomic mass is 35.5. The second-order valence-corrected chi connectivity index (χ2v) is 5.19. The molecule has 7 heteroatoms. The third-order valence-corrected chi connectivity index (χ3v) is 3.32. The fraction of sp³-hybridized carbons (Fsp3) is 0.188. The van der Waals surface area contributed by atoms with Crippen LogP contribution in [0.25, 0.3) is 0 Å². The van der Waals surface area contributed by atoms with Gasteiger partial charge in [0.1, 0.15) is 12.4 Å². The van der Waals surface area contributed by atoms with Crippen LogP contribution >= 0.6 is 11.6 Å². The van der Waals surface area contributed by atoms with Crippen LogP contribution in [-0.4, -0.2) is 26.0 Å². The van der Waals surface area contributed by atoms with E-state index in [9.17, 15) is 4.79 Å². The first kappa shape index (κ1) is 15.3. The summed E-state index contributed by atoms with van der Waals surface area (Å²) in [5, 5.41) is 5.95. The Kier molecular flexibility index (Phi) is 4.73. The molecule has 1 heterocycles. The molecular weight excluding hydrogens is 320 g/mol. The van der Waals surface area contributed by atoms with Crippen molar-refractivity contribution in [1.29, 1.82) is 0 Å². The van der Waals surface area contributed by atoms with Gasteiger partial charge >= 0.3 is 6.03 Å². The molecule has 0 spiro atoms. The van der Waals surface area contributed by atoms with Gasteiger partial charge in [0.2, 0.25) is 6.79 Å². The zero-order valence-corrected chi connectivity index (χ0v) is 12.9. The number of ether oxygens (including phenoxy) is 3. The summed E-state index contributed by atoms with van der Waals surface area (Å²) < 4.78 is 16.0. The Morgan fingerprint density at radius 1 is 1.17 bits per heavy atom. The van der Waals surface area contributed by atoms with Crippen LogP contribution in [-0.2, 0) is 0 Å². The monoisotopic (exact) mass is 334 g/mol. The number of hydrogen-bond donors (Lipinski definition) is 2. The van der Waals surface area contributed by atoms with E-state index in [0.29, 0.717) is 41.1 Å². The van der Waals surface area contributed by atoms with Gasteiger partial charge in [-0.3, -0.25) is 0 Å². The van der Waals surface area contributed by atoms with Gasteiger partial charge in [0.15, 0.2) is 11.5 Å². The first-order valence-electron chi connectivity index (χ1n) is 7.03. The highest BCUT2D eigenvalue weighted by Gasteiger charge is 2.13. The molecule has 0 saturated heterocycles. The highest BCUT2D eigenvalue weighted by Crippen LogP contribution is 2.34. The molecule has 2 N–H and O–H groups in total. The molecule has 0 aromatic heterocycles. The van der Waals surface area contributed by atoms with Crippen molar-refractivity contribution in [3.05, 3.63) is 47.5 Å². The number of halogens is 1. The maximum absolute atomic E-state index is 11.7. The Balaban J connectivity index is 1.40. The Morgan fingerprint density at radius 3 is 2.91 bits per heavy atom. The van der Waals surface area contributed by atoms with Gasteiger partial charge in [-0.2, -0.15) is 0 Å². The maximum atomic E-state index is 11.7. The van der Waals surface area contributed by atoms with E-state index in [1.165, 1.54) is 0 Å². The predicted octanol–water partition coefficient (Wildman–Crippen LogP) is 3.27. The number of benzene rings is 2. The van der Waals surface area contributed by atoms with Crippen LogP contribution < -0.4 is 24.8 Å². The molecule has 3 rings (SSSR count). The standard InChI is InChI=1S/C16H15ClN2O4/c17-11-2-1-3-12(8-11)19-16(20)18-6-7-21-13-4-5-14-15(9-13)23-10-22-14/h1-5,8-9H,6-7,10H2,(H2,18,19,20). The molecule has 23 heavy (non-hydrogen) atoms. The number of nitrogens with one attached hydrogen (secondary N) is 2. The van der Waals surface area contributed by atoms with Crippen LogP contribution in [0, 0.1) is 0 Å². The first-order valence-corrected chi connectivity index (χ1v) is 7.41. The van der Waals surface area contributed by atoms with E-state index in [0.717, 1.165) is 0 Å². The molecule has 1 aliphatic heterocycles. The number of urea groups is 1. The van der Waals surface area contributed by atoms with Gasteiger partial charge in [0.05, 0.1) is 6.54 Å². The van der Waals surface area contributed by atoms with Crippen molar-refractivity contribution in [2.24, 2.45) is 0 Å². The zero-order valence-electron chi connectivity index (χ0n) is 12.2. The Bertz CT molecular complexity index is 708. The minimum Gasteiger partial charge on any atom is -0.492 e. The maximum Gasteiger partial charge on any atom is 0.319 e. The van der Waals surface area contributed by atoms with E-state index < -0.39 is 0 Å². The molecule has 0 saturated carbocycles. The summed E-state index contributed by atoms with van der Waals surface area (Å²) in [6.45, 7) is 0.924. The fourth-order valence-corrected chi connectivity index (χ4v) is 2.23. The van der Waals surface area contributed by atoms with Crippen LogP contribution in [0.2, 0.25) is 5.02 Å². The molecule has 1 aliphatic rings. The average molecular weight is 335 g/mol. The van der Waals surface area contributed by atoms with E-state index in [2.05, 4.69) is 10.6 Å². The summed E-state index contributed by atoms with van der Waals surface area (Å²) >= 11 is 5.85. The largest absolute Gasteiger partial charge is 0.492 e. The van der Waals surface area contributed by atoms with Gasteiger partial charge in [-0.15, -0.1) is 0 Å². The molecule has 0 radical (unpaired) electrons. The lowest BCUT2D eigenvalue weighted by Gasteiger charge is -2.09. The molecule has 120 valence electrons. The quantitative estimate of drug-likeness (QED) is 0.823. The van der Waals surface area contributed by atoms with Crippen molar-refractivity contribution in [2.45, 2.75) is 0 Å². The molecule has 2 aromatic carbocycles. The third kappa shape index (κ3) is 4.20.